The second kappa shape index (κ2) is 2.69. The summed E-state index contributed by atoms with van der Waals surface area (Å²) in [6, 6.07) is 5.24. The molecule has 42 valence electrons. The fourth-order valence-electron chi connectivity index (χ4n) is 0.396. The van der Waals surface area contributed by atoms with E-state index in [4.69, 9.17) is 0 Å². The van der Waals surface area contributed by atoms with E-state index < -0.39 is 0 Å². The Morgan fingerprint density at radius 1 is 1.50 bits per heavy atom. The number of rotatable bonds is 1. The molecule has 0 radical (unpaired) electrons. The van der Waals surface area contributed by atoms with Crippen molar-refractivity contribution >= 4 is 12.0 Å². The zero-order chi connectivity index (χ0) is 5.82. The zero-order valence-electron chi connectivity index (χ0n) is 4.07. The Morgan fingerprint density at radius 3 is 2.75 bits per heavy atom. The molecular weight excluding hydrogens is 122 g/mol. The van der Waals surface area contributed by atoms with Crippen molar-refractivity contribution in [2.75, 3.05) is 0 Å². The highest BCUT2D eigenvalue weighted by Gasteiger charge is 1.77. The van der Waals surface area contributed by atoms with Crippen LogP contribution < -0.4 is 0 Å². The van der Waals surface area contributed by atoms with Gasteiger partial charge < -0.3 is 4.55 Å². The van der Waals surface area contributed by atoms with Gasteiger partial charge in [-0.15, -0.1) is 0 Å². The second-order valence-electron chi connectivity index (χ2n) is 1.25. The van der Waals surface area contributed by atoms with Gasteiger partial charge in [0.25, 0.3) is 0 Å². The molecule has 1 aromatic rings. The SMILES string of the molecule is [O-]Sc1ccccn1. The van der Waals surface area contributed by atoms with E-state index in [0.717, 1.165) is 0 Å². The summed E-state index contributed by atoms with van der Waals surface area (Å²) in [7, 11) is 0. The minimum atomic E-state index is 0.408. The van der Waals surface area contributed by atoms with E-state index in [1.807, 2.05) is 0 Å². The normalized spacial score (nSPS) is 9.12. The fourth-order valence-corrected chi connectivity index (χ4v) is 0.634. The molecule has 0 spiro atoms. The van der Waals surface area contributed by atoms with E-state index in [1.54, 1.807) is 24.4 Å². The Hall–Kier alpha value is -0.540. The van der Waals surface area contributed by atoms with Crippen LogP contribution in [0.5, 0.6) is 0 Å². The van der Waals surface area contributed by atoms with Gasteiger partial charge in [-0.3, -0.25) is 4.98 Å². The molecule has 0 aliphatic carbocycles. The first-order chi connectivity index (χ1) is 3.93. The molecule has 2 nitrogen and oxygen atoms in total. The highest BCUT2D eigenvalue weighted by Crippen LogP contribution is 2.06. The quantitative estimate of drug-likeness (QED) is 0.532. The summed E-state index contributed by atoms with van der Waals surface area (Å²) in [5, 5.41) is 0.521. The van der Waals surface area contributed by atoms with Gasteiger partial charge in [-0.05, 0) is 12.1 Å². The molecule has 0 saturated heterocycles. The lowest BCUT2D eigenvalue weighted by molar-refractivity contribution is 0.616. The Balaban J connectivity index is 2.83. The maximum atomic E-state index is 9.99. The minimum absolute atomic E-state index is 0.408. The standard InChI is InChI=1S/C5H5NOS/c7-8-5-3-1-2-4-6-5/h1-4,7H/p-1. The molecule has 1 heterocycles. The molecule has 0 fully saturated rings. The Kier molecular flexibility index (Phi) is 1.88. The van der Waals surface area contributed by atoms with Crippen LogP contribution in [-0.4, -0.2) is 9.54 Å². The molecule has 0 unspecified atom stereocenters. The molecule has 3 heteroatoms. The van der Waals surface area contributed by atoms with Crippen LogP contribution in [0, 0.1) is 0 Å². The number of pyridine rings is 1. The molecule has 0 aliphatic heterocycles. The van der Waals surface area contributed by atoms with Crippen LogP contribution in [0.4, 0.5) is 0 Å². The number of hydrogen-bond acceptors (Lipinski definition) is 3. The summed E-state index contributed by atoms with van der Waals surface area (Å²) in [5.41, 5.74) is 0. The second-order valence-corrected chi connectivity index (χ2v) is 1.84. The molecule has 1 aromatic heterocycles. The third kappa shape index (κ3) is 1.21. The molecule has 1 rings (SSSR count). The van der Waals surface area contributed by atoms with Crippen molar-refractivity contribution in [3.8, 4) is 0 Å². The maximum Gasteiger partial charge on any atom is 0.0815 e. The Morgan fingerprint density at radius 2 is 2.38 bits per heavy atom. The van der Waals surface area contributed by atoms with E-state index in [-0.39, 0.29) is 0 Å². The van der Waals surface area contributed by atoms with Crippen molar-refractivity contribution in [3.05, 3.63) is 24.4 Å². The summed E-state index contributed by atoms with van der Waals surface area (Å²) >= 11 is 0.408. The number of nitrogens with zero attached hydrogens (tertiary/aromatic N) is 1. The van der Waals surface area contributed by atoms with Gasteiger partial charge in [0.05, 0.1) is 5.03 Å². The van der Waals surface area contributed by atoms with E-state index in [9.17, 15) is 4.55 Å². The Bertz CT molecular complexity index is 154. The van der Waals surface area contributed by atoms with Crippen molar-refractivity contribution in [2.45, 2.75) is 5.03 Å². The highest BCUT2D eigenvalue weighted by molar-refractivity contribution is 7.93. The monoisotopic (exact) mass is 126 g/mol. The molecule has 8 heavy (non-hydrogen) atoms. The fraction of sp³-hybridized carbons (Fsp3) is 0. The van der Waals surface area contributed by atoms with Gasteiger partial charge in [0, 0.05) is 6.20 Å². The van der Waals surface area contributed by atoms with Gasteiger partial charge in [-0.25, -0.2) is 12.0 Å². The molecular formula is C5H4NOS-. The summed E-state index contributed by atoms with van der Waals surface area (Å²) in [5.74, 6) is 0. The van der Waals surface area contributed by atoms with E-state index in [2.05, 4.69) is 4.98 Å². The van der Waals surface area contributed by atoms with Crippen LogP contribution in [0.25, 0.3) is 0 Å². The van der Waals surface area contributed by atoms with Gasteiger partial charge in [0.1, 0.15) is 0 Å². The van der Waals surface area contributed by atoms with Crippen LogP contribution in [0.1, 0.15) is 0 Å². The first kappa shape index (κ1) is 5.59. The van der Waals surface area contributed by atoms with Crippen LogP contribution in [0.3, 0.4) is 0 Å². The minimum Gasteiger partial charge on any atom is -0.794 e. The summed E-state index contributed by atoms with van der Waals surface area (Å²) in [6.07, 6.45) is 1.60. The highest BCUT2D eigenvalue weighted by atomic mass is 32.2. The van der Waals surface area contributed by atoms with E-state index in [0.29, 0.717) is 17.1 Å². The lowest BCUT2D eigenvalue weighted by Gasteiger charge is -1.99. The zero-order valence-corrected chi connectivity index (χ0v) is 4.89. The van der Waals surface area contributed by atoms with Crippen molar-refractivity contribution in [1.82, 2.24) is 4.98 Å². The van der Waals surface area contributed by atoms with E-state index in [1.165, 1.54) is 0 Å². The van der Waals surface area contributed by atoms with Gasteiger partial charge in [-0.1, -0.05) is 6.07 Å². The van der Waals surface area contributed by atoms with Gasteiger partial charge in [-0.2, -0.15) is 0 Å². The van der Waals surface area contributed by atoms with Crippen molar-refractivity contribution in [2.24, 2.45) is 0 Å². The van der Waals surface area contributed by atoms with Gasteiger partial charge >= 0.3 is 0 Å². The van der Waals surface area contributed by atoms with Crippen LogP contribution >= 0.6 is 12.0 Å². The molecule has 0 atom stereocenters. The predicted molar refractivity (Wildman–Crippen MR) is 30.9 cm³/mol. The molecule has 0 aromatic carbocycles. The molecule has 0 saturated carbocycles. The Labute approximate surface area is 51.8 Å². The van der Waals surface area contributed by atoms with Gasteiger partial charge in [0.2, 0.25) is 0 Å². The molecule has 0 bridgehead atoms. The maximum absolute atomic E-state index is 9.99. The first-order valence-electron chi connectivity index (χ1n) is 2.14. The first-order valence-corrected chi connectivity index (χ1v) is 2.88. The molecule has 0 N–H and O–H groups in total. The van der Waals surface area contributed by atoms with Gasteiger partial charge in [0.15, 0.2) is 0 Å². The number of aromatic nitrogens is 1. The van der Waals surface area contributed by atoms with Crippen molar-refractivity contribution in [3.63, 3.8) is 0 Å². The average Bonchev–Trinajstić information content (AvgIpc) is 1.90. The van der Waals surface area contributed by atoms with E-state index >= 15 is 0 Å². The van der Waals surface area contributed by atoms with Crippen LogP contribution in [-0.2, 0) is 0 Å². The topological polar surface area (TPSA) is 36.0 Å². The van der Waals surface area contributed by atoms with Crippen molar-refractivity contribution in [1.29, 1.82) is 0 Å². The largest absolute Gasteiger partial charge is 0.794 e. The van der Waals surface area contributed by atoms with Crippen LogP contribution in [0.2, 0.25) is 0 Å². The summed E-state index contributed by atoms with van der Waals surface area (Å²) in [4.78, 5) is 3.75. The lowest BCUT2D eigenvalue weighted by Crippen LogP contribution is -1.72. The van der Waals surface area contributed by atoms with Crippen molar-refractivity contribution < 1.29 is 4.55 Å². The molecule has 0 amide bonds. The number of hydrogen-bond donors (Lipinski definition) is 0. The molecule has 0 aliphatic rings. The summed E-state index contributed by atoms with van der Waals surface area (Å²) in [6.45, 7) is 0. The smallest absolute Gasteiger partial charge is 0.0815 e. The van der Waals surface area contributed by atoms with Crippen LogP contribution in [0.15, 0.2) is 29.4 Å². The third-order valence-corrected chi connectivity index (χ3v) is 1.14. The summed E-state index contributed by atoms with van der Waals surface area (Å²) < 4.78 is 9.99. The predicted octanol–water partition coefficient (Wildman–Crippen LogP) is 1.30. The third-order valence-electron chi connectivity index (χ3n) is 0.723. The lowest BCUT2D eigenvalue weighted by atomic mass is 10.5. The average molecular weight is 126 g/mol.